The molecule has 1 heterocycles. The lowest BCUT2D eigenvalue weighted by Crippen LogP contribution is -2.22. The normalized spacial score (nSPS) is 10.4. The Morgan fingerprint density at radius 1 is 1.28 bits per heavy atom. The minimum Gasteiger partial charge on any atom is -0.347 e. The van der Waals surface area contributed by atoms with Crippen molar-refractivity contribution in [2.75, 3.05) is 0 Å². The molecule has 0 saturated carbocycles. The molecule has 0 aliphatic heterocycles. The SMILES string of the molecule is Cc1ccsc1CNC(=O)c1cc(Br)cc(Br)c1. The van der Waals surface area contributed by atoms with Gasteiger partial charge in [-0.05, 0) is 42.1 Å². The smallest absolute Gasteiger partial charge is 0.251 e. The first-order chi connectivity index (χ1) is 8.56. The lowest BCUT2D eigenvalue weighted by Gasteiger charge is -2.06. The van der Waals surface area contributed by atoms with Crippen LogP contribution in [0.3, 0.4) is 0 Å². The van der Waals surface area contributed by atoms with Crippen molar-refractivity contribution < 1.29 is 4.79 Å². The molecule has 0 fully saturated rings. The number of benzene rings is 1. The van der Waals surface area contributed by atoms with Crippen LogP contribution in [0.25, 0.3) is 0 Å². The van der Waals surface area contributed by atoms with E-state index >= 15 is 0 Å². The maximum Gasteiger partial charge on any atom is 0.251 e. The van der Waals surface area contributed by atoms with E-state index in [4.69, 9.17) is 0 Å². The van der Waals surface area contributed by atoms with Crippen molar-refractivity contribution in [3.63, 3.8) is 0 Å². The first kappa shape index (κ1) is 13.8. The third kappa shape index (κ3) is 3.43. The fraction of sp³-hybridized carbons (Fsp3) is 0.154. The standard InChI is InChI=1S/C13H11Br2NOS/c1-8-2-3-18-12(8)7-16-13(17)9-4-10(14)6-11(15)5-9/h2-6H,7H2,1H3,(H,16,17). The van der Waals surface area contributed by atoms with Gasteiger partial charge in [-0.1, -0.05) is 31.9 Å². The summed E-state index contributed by atoms with van der Waals surface area (Å²) in [6.45, 7) is 2.63. The molecule has 1 aromatic carbocycles. The molecule has 0 radical (unpaired) electrons. The number of nitrogens with one attached hydrogen (secondary N) is 1. The molecule has 0 aliphatic rings. The summed E-state index contributed by atoms with van der Waals surface area (Å²) in [4.78, 5) is 13.2. The van der Waals surface area contributed by atoms with Gasteiger partial charge in [0.2, 0.25) is 0 Å². The van der Waals surface area contributed by atoms with E-state index in [9.17, 15) is 4.79 Å². The van der Waals surface area contributed by atoms with Gasteiger partial charge in [0.1, 0.15) is 0 Å². The van der Waals surface area contributed by atoms with Gasteiger partial charge in [-0.3, -0.25) is 4.79 Å². The number of amides is 1. The molecule has 1 amide bonds. The lowest BCUT2D eigenvalue weighted by molar-refractivity contribution is 0.0951. The summed E-state index contributed by atoms with van der Waals surface area (Å²) in [7, 11) is 0. The van der Waals surface area contributed by atoms with Gasteiger partial charge in [0.15, 0.2) is 0 Å². The van der Waals surface area contributed by atoms with Crippen molar-refractivity contribution >= 4 is 49.1 Å². The Kier molecular flexibility index (Phi) is 4.59. The molecule has 0 bridgehead atoms. The van der Waals surface area contributed by atoms with E-state index in [0.717, 1.165) is 8.95 Å². The van der Waals surface area contributed by atoms with Crippen molar-refractivity contribution in [1.29, 1.82) is 0 Å². The minimum atomic E-state index is -0.0650. The first-order valence-corrected chi connectivity index (χ1v) is 7.80. The highest BCUT2D eigenvalue weighted by Gasteiger charge is 2.08. The fourth-order valence-electron chi connectivity index (χ4n) is 1.53. The zero-order chi connectivity index (χ0) is 13.1. The average Bonchev–Trinajstić information content (AvgIpc) is 2.70. The van der Waals surface area contributed by atoms with E-state index in [0.29, 0.717) is 12.1 Å². The van der Waals surface area contributed by atoms with Crippen LogP contribution in [-0.4, -0.2) is 5.91 Å². The Morgan fingerprint density at radius 2 is 1.94 bits per heavy atom. The molecule has 0 saturated heterocycles. The van der Waals surface area contributed by atoms with Gasteiger partial charge in [0.25, 0.3) is 5.91 Å². The summed E-state index contributed by atoms with van der Waals surface area (Å²) in [5, 5.41) is 4.96. The summed E-state index contributed by atoms with van der Waals surface area (Å²) in [6.07, 6.45) is 0. The van der Waals surface area contributed by atoms with Gasteiger partial charge in [0.05, 0.1) is 6.54 Å². The Morgan fingerprint density at radius 3 is 2.50 bits per heavy atom. The van der Waals surface area contributed by atoms with Crippen molar-refractivity contribution in [2.45, 2.75) is 13.5 Å². The Bertz CT molecular complexity index is 560. The van der Waals surface area contributed by atoms with Gasteiger partial charge in [-0.15, -0.1) is 11.3 Å². The molecule has 2 rings (SSSR count). The molecule has 18 heavy (non-hydrogen) atoms. The van der Waals surface area contributed by atoms with Crippen LogP contribution >= 0.6 is 43.2 Å². The van der Waals surface area contributed by atoms with E-state index in [-0.39, 0.29) is 5.91 Å². The highest BCUT2D eigenvalue weighted by atomic mass is 79.9. The number of carbonyl (C=O) groups is 1. The van der Waals surface area contributed by atoms with E-state index in [1.807, 2.05) is 18.4 Å². The van der Waals surface area contributed by atoms with Crippen LogP contribution in [0, 0.1) is 6.92 Å². The van der Waals surface area contributed by atoms with Crippen LogP contribution in [-0.2, 0) is 6.54 Å². The minimum absolute atomic E-state index is 0.0650. The molecular formula is C13H11Br2NOS. The molecule has 0 atom stereocenters. The van der Waals surface area contributed by atoms with Crippen LogP contribution in [0.1, 0.15) is 20.8 Å². The topological polar surface area (TPSA) is 29.1 Å². The number of rotatable bonds is 3. The maximum atomic E-state index is 12.0. The van der Waals surface area contributed by atoms with Gasteiger partial charge in [0, 0.05) is 19.4 Å². The largest absolute Gasteiger partial charge is 0.347 e. The predicted octanol–water partition coefficient (Wildman–Crippen LogP) is 4.51. The summed E-state index contributed by atoms with van der Waals surface area (Å²) < 4.78 is 1.77. The average molecular weight is 389 g/mol. The van der Waals surface area contributed by atoms with E-state index in [1.54, 1.807) is 23.5 Å². The molecular weight excluding hydrogens is 378 g/mol. The molecule has 0 unspecified atom stereocenters. The number of hydrogen-bond donors (Lipinski definition) is 1. The Hall–Kier alpha value is -0.650. The van der Waals surface area contributed by atoms with Gasteiger partial charge in [-0.25, -0.2) is 0 Å². The second-order valence-electron chi connectivity index (χ2n) is 3.87. The highest BCUT2D eigenvalue weighted by Crippen LogP contribution is 2.20. The molecule has 1 N–H and O–H groups in total. The Labute approximate surface area is 127 Å². The second-order valence-corrected chi connectivity index (χ2v) is 6.70. The van der Waals surface area contributed by atoms with Crippen molar-refractivity contribution in [3.05, 3.63) is 54.6 Å². The molecule has 2 aromatic rings. The summed E-state index contributed by atoms with van der Waals surface area (Å²) in [5.74, 6) is -0.0650. The molecule has 5 heteroatoms. The van der Waals surface area contributed by atoms with Crippen molar-refractivity contribution in [3.8, 4) is 0 Å². The van der Waals surface area contributed by atoms with Crippen LogP contribution in [0.4, 0.5) is 0 Å². The second kappa shape index (κ2) is 5.99. The van der Waals surface area contributed by atoms with E-state index in [2.05, 4.69) is 43.2 Å². The van der Waals surface area contributed by atoms with Crippen LogP contribution < -0.4 is 5.32 Å². The number of thiophene rings is 1. The van der Waals surface area contributed by atoms with Gasteiger partial charge in [-0.2, -0.15) is 0 Å². The zero-order valence-electron chi connectivity index (χ0n) is 9.67. The van der Waals surface area contributed by atoms with E-state index in [1.165, 1.54) is 10.4 Å². The Balaban J connectivity index is 2.06. The first-order valence-electron chi connectivity index (χ1n) is 5.33. The van der Waals surface area contributed by atoms with Crippen LogP contribution in [0.5, 0.6) is 0 Å². The van der Waals surface area contributed by atoms with E-state index < -0.39 is 0 Å². The van der Waals surface area contributed by atoms with Crippen molar-refractivity contribution in [1.82, 2.24) is 5.32 Å². The van der Waals surface area contributed by atoms with Gasteiger partial charge < -0.3 is 5.32 Å². The fourth-order valence-corrected chi connectivity index (χ4v) is 3.67. The zero-order valence-corrected chi connectivity index (χ0v) is 13.7. The lowest BCUT2D eigenvalue weighted by atomic mass is 10.2. The van der Waals surface area contributed by atoms with Crippen LogP contribution in [0.15, 0.2) is 38.6 Å². The number of halogens is 2. The summed E-state index contributed by atoms with van der Waals surface area (Å²) >= 11 is 8.41. The van der Waals surface area contributed by atoms with Crippen molar-refractivity contribution in [2.24, 2.45) is 0 Å². The van der Waals surface area contributed by atoms with Crippen LogP contribution in [0.2, 0.25) is 0 Å². The molecule has 0 spiro atoms. The monoisotopic (exact) mass is 387 g/mol. The maximum absolute atomic E-state index is 12.0. The molecule has 0 aliphatic carbocycles. The third-order valence-electron chi connectivity index (χ3n) is 2.50. The number of carbonyl (C=O) groups excluding carboxylic acids is 1. The summed E-state index contributed by atoms with van der Waals surface area (Å²) in [6, 6.07) is 7.57. The molecule has 1 aromatic heterocycles. The summed E-state index contributed by atoms with van der Waals surface area (Å²) in [5.41, 5.74) is 1.86. The van der Waals surface area contributed by atoms with Gasteiger partial charge >= 0.3 is 0 Å². The third-order valence-corrected chi connectivity index (χ3v) is 4.44. The quantitative estimate of drug-likeness (QED) is 0.823. The predicted molar refractivity (Wildman–Crippen MR) is 82.1 cm³/mol. The highest BCUT2D eigenvalue weighted by molar-refractivity contribution is 9.11. The molecule has 94 valence electrons. The number of aryl methyl sites for hydroxylation is 1. The number of hydrogen-bond acceptors (Lipinski definition) is 2. The molecule has 2 nitrogen and oxygen atoms in total.